The predicted molar refractivity (Wildman–Crippen MR) is 106 cm³/mol. The summed E-state index contributed by atoms with van der Waals surface area (Å²) in [7, 11) is 0. The molecule has 0 unspecified atom stereocenters. The van der Waals surface area contributed by atoms with Gasteiger partial charge in [0.1, 0.15) is 11.6 Å². The summed E-state index contributed by atoms with van der Waals surface area (Å²) in [5, 5.41) is 9.57. The predicted octanol–water partition coefficient (Wildman–Crippen LogP) is 2.98. The summed E-state index contributed by atoms with van der Waals surface area (Å²) in [5.74, 6) is 1.76. The molecule has 2 aromatic heterocycles. The van der Waals surface area contributed by atoms with Gasteiger partial charge in [-0.15, -0.1) is 0 Å². The van der Waals surface area contributed by atoms with Crippen LogP contribution in [0.5, 0.6) is 5.75 Å². The Hall–Kier alpha value is -3.15. The van der Waals surface area contributed by atoms with Crippen LogP contribution in [0.25, 0.3) is 0 Å². The Balaban J connectivity index is 1.36. The maximum atomic E-state index is 12.6. The van der Waals surface area contributed by atoms with Crippen molar-refractivity contribution in [2.75, 3.05) is 13.1 Å². The average Bonchev–Trinajstić information content (AvgIpc) is 3.17. The van der Waals surface area contributed by atoms with Crippen LogP contribution in [0.4, 0.5) is 0 Å². The second-order valence-corrected chi connectivity index (χ2v) is 7.28. The van der Waals surface area contributed by atoms with Crippen LogP contribution in [-0.2, 0) is 17.8 Å². The van der Waals surface area contributed by atoms with E-state index in [0.29, 0.717) is 12.3 Å². The number of phenolic OH excluding ortho intramolecular Hbond substituents is 1. The molecule has 144 valence electrons. The standard InChI is InChI=1S/C22H24N4O2/c27-20-5-1-3-17(13-20)14-21(28)25-10-6-19(7-11-25)22-24-9-12-26(22)16-18-4-2-8-23-15-18/h1-5,8-9,12-13,15,19,27H,6-7,10-11,14,16H2. The fourth-order valence-corrected chi connectivity index (χ4v) is 3.84. The van der Waals surface area contributed by atoms with E-state index in [9.17, 15) is 9.90 Å². The minimum atomic E-state index is 0.114. The van der Waals surface area contributed by atoms with E-state index in [1.165, 1.54) is 0 Å². The number of imidazole rings is 1. The maximum Gasteiger partial charge on any atom is 0.226 e. The largest absolute Gasteiger partial charge is 0.508 e. The molecule has 0 bridgehead atoms. The minimum Gasteiger partial charge on any atom is -0.508 e. The Morgan fingerprint density at radius 3 is 2.68 bits per heavy atom. The molecule has 1 N–H and O–H groups in total. The van der Waals surface area contributed by atoms with Gasteiger partial charge < -0.3 is 14.6 Å². The van der Waals surface area contributed by atoms with Crippen molar-refractivity contribution in [1.29, 1.82) is 0 Å². The summed E-state index contributed by atoms with van der Waals surface area (Å²) in [4.78, 5) is 23.3. The number of piperidine rings is 1. The molecular formula is C22H24N4O2. The molecule has 6 nitrogen and oxygen atoms in total. The first-order chi connectivity index (χ1) is 13.7. The maximum absolute atomic E-state index is 12.6. The van der Waals surface area contributed by atoms with Crippen LogP contribution < -0.4 is 0 Å². The molecule has 3 aromatic rings. The highest BCUT2D eigenvalue weighted by Crippen LogP contribution is 2.27. The molecular weight excluding hydrogens is 352 g/mol. The van der Waals surface area contributed by atoms with Gasteiger partial charge in [0.25, 0.3) is 0 Å². The van der Waals surface area contributed by atoms with Gasteiger partial charge in [-0.3, -0.25) is 9.78 Å². The summed E-state index contributed by atoms with van der Waals surface area (Å²) in [6.07, 6.45) is 9.68. The number of pyridine rings is 1. The fraction of sp³-hybridized carbons (Fsp3) is 0.318. The third-order valence-electron chi connectivity index (χ3n) is 5.30. The number of carbonyl (C=O) groups is 1. The van der Waals surface area contributed by atoms with Crippen molar-refractivity contribution in [3.63, 3.8) is 0 Å². The lowest BCUT2D eigenvalue weighted by Crippen LogP contribution is -2.39. The molecule has 1 aromatic carbocycles. The van der Waals surface area contributed by atoms with Gasteiger partial charge in [0.2, 0.25) is 5.91 Å². The van der Waals surface area contributed by atoms with Crippen LogP contribution in [0.2, 0.25) is 0 Å². The summed E-state index contributed by atoms with van der Waals surface area (Å²) in [6, 6.07) is 10.9. The number of aromatic hydroxyl groups is 1. The van der Waals surface area contributed by atoms with Crippen molar-refractivity contribution in [2.45, 2.75) is 31.7 Å². The number of aromatic nitrogens is 3. The second kappa shape index (κ2) is 8.25. The molecule has 0 aliphatic carbocycles. The monoisotopic (exact) mass is 376 g/mol. The third-order valence-corrected chi connectivity index (χ3v) is 5.30. The molecule has 1 amide bonds. The number of hydrogen-bond acceptors (Lipinski definition) is 4. The quantitative estimate of drug-likeness (QED) is 0.743. The molecule has 3 heterocycles. The Labute approximate surface area is 164 Å². The molecule has 1 aliphatic heterocycles. The molecule has 0 radical (unpaired) electrons. The second-order valence-electron chi connectivity index (χ2n) is 7.28. The Morgan fingerprint density at radius 1 is 1.11 bits per heavy atom. The first-order valence-electron chi connectivity index (χ1n) is 9.64. The van der Waals surface area contributed by atoms with Gasteiger partial charge in [0.15, 0.2) is 0 Å². The van der Waals surface area contributed by atoms with Crippen LogP contribution >= 0.6 is 0 Å². The lowest BCUT2D eigenvalue weighted by atomic mass is 9.95. The molecule has 0 saturated carbocycles. The van der Waals surface area contributed by atoms with Crippen LogP contribution in [0, 0.1) is 0 Å². The summed E-state index contributed by atoms with van der Waals surface area (Å²) in [6.45, 7) is 2.24. The van der Waals surface area contributed by atoms with E-state index in [1.54, 1.807) is 24.4 Å². The highest BCUT2D eigenvalue weighted by Gasteiger charge is 2.26. The molecule has 1 aliphatic rings. The van der Waals surface area contributed by atoms with Gasteiger partial charge in [0.05, 0.1) is 13.0 Å². The fourth-order valence-electron chi connectivity index (χ4n) is 3.84. The van der Waals surface area contributed by atoms with Gasteiger partial charge in [-0.25, -0.2) is 4.98 Å². The number of phenols is 1. The lowest BCUT2D eigenvalue weighted by molar-refractivity contribution is -0.131. The van der Waals surface area contributed by atoms with Crippen LogP contribution in [0.1, 0.15) is 35.7 Å². The first kappa shape index (κ1) is 18.2. The Kier molecular flexibility index (Phi) is 5.37. The summed E-state index contributed by atoms with van der Waals surface area (Å²) >= 11 is 0. The van der Waals surface area contributed by atoms with E-state index >= 15 is 0 Å². The number of nitrogens with zero attached hydrogens (tertiary/aromatic N) is 4. The third kappa shape index (κ3) is 4.22. The van der Waals surface area contributed by atoms with E-state index < -0.39 is 0 Å². The summed E-state index contributed by atoms with van der Waals surface area (Å²) in [5.41, 5.74) is 2.00. The van der Waals surface area contributed by atoms with E-state index in [4.69, 9.17) is 0 Å². The van der Waals surface area contributed by atoms with Crippen molar-refractivity contribution in [3.05, 3.63) is 78.1 Å². The van der Waals surface area contributed by atoms with Gasteiger partial charge >= 0.3 is 0 Å². The zero-order valence-electron chi connectivity index (χ0n) is 15.7. The Morgan fingerprint density at radius 2 is 1.93 bits per heavy atom. The van der Waals surface area contributed by atoms with Gasteiger partial charge in [-0.05, 0) is 42.2 Å². The van der Waals surface area contributed by atoms with E-state index in [1.807, 2.05) is 35.6 Å². The van der Waals surface area contributed by atoms with Crippen molar-refractivity contribution in [2.24, 2.45) is 0 Å². The first-order valence-corrected chi connectivity index (χ1v) is 9.64. The Bertz CT molecular complexity index is 930. The van der Waals surface area contributed by atoms with Crippen molar-refractivity contribution in [1.82, 2.24) is 19.4 Å². The molecule has 1 saturated heterocycles. The highest BCUT2D eigenvalue weighted by atomic mass is 16.3. The van der Waals surface area contributed by atoms with Crippen LogP contribution in [-0.4, -0.2) is 43.5 Å². The zero-order chi connectivity index (χ0) is 19.3. The van der Waals surface area contributed by atoms with E-state index in [-0.39, 0.29) is 11.7 Å². The summed E-state index contributed by atoms with van der Waals surface area (Å²) < 4.78 is 2.19. The SMILES string of the molecule is O=C(Cc1cccc(O)c1)N1CCC(c2nccn2Cc2cccnc2)CC1. The molecule has 28 heavy (non-hydrogen) atoms. The highest BCUT2D eigenvalue weighted by molar-refractivity contribution is 5.79. The average molecular weight is 376 g/mol. The zero-order valence-corrected chi connectivity index (χ0v) is 15.7. The smallest absolute Gasteiger partial charge is 0.226 e. The van der Waals surface area contributed by atoms with Gasteiger partial charge in [0, 0.05) is 43.8 Å². The molecule has 4 rings (SSSR count). The molecule has 6 heteroatoms. The molecule has 1 fully saturated rings. The van der Waals surface area contributed by atoms with E-state index in [2.05, 4.69) is 20.6 Å². The van der Waals surface area contributed by atoms with Crippen LogP contribution in [0.3, 0.4) is 0 Å². The van der Waals surface area contributed by atoms with Gasteiger partial charge in [-0.1, -0.05) is 18.2 Å². The topological polar surface area (TPSA) is 71.2 Å². The number of benzene rings is 1. The number of hydrogen-bond donors (Lipinski definition) is 1. The lowest BCUT2D eigenvalue weighted by Gasteiger charge is -2.32. The van der Waals surface area contributed by atoms with Crippen LogP contribution in [0.15, 0.2) is 61.2 Å². The number of carbonyl (C=O) groups excluding carboxylic acids is 1. The minimum absolute atomic E-state index is 0.114. The van der Waals surface area contributed by atoms with Gasteiger partial charge in [-0.2, -0.15) is 0 Å². The van der Waals surface area contributed by atoms with Crippen molar-refractivity contribution < 1.29 is 9.90 Å². The number of amides is 1. The van der Waals surface area contributed by atoms with Crippen molar-refractivity contribution >= 4 is 5.91 Å². The number of rotatable bonds is 5. The normalized spacial score (nSPS) is 14.9. The number of likely N-dealkylation sites (tertiary alicyclic amines) is 1. The van der Waals surface area contributed by atoms with Crippen molar-refractivity contribution in [3.8, 4) is 5.75 Å². The van der Waals surface area contributed by atoms with E-state index in [0.717, 1.165) is 49.4 Å². The molecule has 0 spiro atoms. The molecule has 0 atom stereocenters.